The van der Waals surface area contributed by atoms with Gasteiger partial charge in [0.2, 0.25) is 5.91 Å². The average Bonchev–Trinajstić information content (AvgIpc) is 3.11. The fourth-order valence-corrected chi connectivity index (χ4v) is 4.12. The zero-order valence-electron chi connectivity index (χ0n) is 12.4. The van der Waals surface area contributed by atoms with E-state index in [1.54, 1.807) is 16.7 Å². The van der Waals surface area contributed by atoms with Gasteiger partial charge in [0.1, 0.15) is 6.33 Å². The predicted octanol–water partition coefficient (Wildman–Crippen LogP) is 4.15. The van der Waals surface area contributed by atoms with Crippen molar-refractivity contribution in [3.05, 3.63) is 54.9 Å². The summed E-state index contributed by atoms with van der Waals surface area (Å²) in [5, 5.41) is 7.20. The second-order valence-corrected chi connectivity index (χ2v) is 6.89. The maximum Gasteiger partial charge on any atom is 0.242 e. The van der Waals surface area contributed by atoms with Gasteiger partial charge in [0.05, 0.1) is 17.1 Å². The number of H-pyrrole nitrogens is 1. The molecule has 0 aliphatic carbocycles. The van der Waals surface area contributed by atoms with Crippen molar-refractivity contribution < 1.29 is 4.79 Å². The molecule has 122 valence electrons. The van der Waals surface area contributed by atoms with Gasteiger partial charge < -0.3 is 0 Å². The standard InChI is InChI=1S/C16H12N4OS2.ClH/c21-15(9-22-16-17-10-18-19-16)20-11-5-1-3-7-13(11)23-14-8-4-2-6-12(14)20;/h1-8,10H,9H2,(H,17,18,19);1H. The second kappa shape index (κ2) is 7.29. The molecule has 1 aromatic heterocycles. The lowest BCUT2D eigenvalue weighted by atomic mass is 10.2. The third-order valence-electron chi connectivity index (χ3n) is 3.41. The number of aromatic amines is 1. The minimum atomic E-state index is 0. The van der Waals surface area contributed by atoms with Gasteiger partial charge in [0.15, 0.2) is 5.16 Å². The van der Waals surface area contributed by atoms with Crippen molar-refractivity contribution in [1.29, 1.82) is 0 Å². The smallest absolute Gasteiger partial charge is 0.242 e. The van der Waals surface area contributed by atoms with Crippen LogP contribution < -0.4 is 4.90 Å². The Morgan fingerprint density at radius 1 is 1.08 bits per heavy atom. The average molecular weight is 377 g/mol. The van der Waals surface area contributed by atoms with Crippen molar-refractivity contribution in [2.75, 3.05) is 10.7 Å². The molecule has 0 saturated carbocycles. The van der Waals surface area contributed by atoms with Crippen LogP contribution in [-0.4, -0.2) is 26.8 Å². The first-order valence-corrected chi connectivity index (χ1v) is 8.80. The zero-order chi connectivity index (χ0) is 15.6. The van der Waals surface area contributed by atoms with E-state index in [1.807, 2.05) is 48.5 Å². The van der Waals surface area contributed by atoms with Crippen molar-refractivity contribution in [2.45, 2.75) is 14.9 Å². The number of anilines is 2. The molecule has 0 atom stereocenters. The zero-order valence-corrected chi connectivity index (χ0v) is 14.8. The number of aromatic nitrogens is 3. The van der Waals surface area contributed by atoms with Crippen LogP contribution in [0.25, 0.3) is 0 Å². The van der Waals surface area contributed by atoms with Gasteiger partial charge in [-0.15, -0.1) is 12.4 Å². The van der Waals surface area contributed by atoms with E-state index in [0.29, 0.717) is 10.9 Å². The largest absolute Gasteiger partial charge is 0.278 e. The summed E-state index contributed by atoms with van der Waals surface area (Å²) in [6.07, 6.45) is 1.44. The summed E-state index contributed by atoms with van der Waals surface area (Å²) in [6, 6.07) is 15.9. The minimum Gasteiger partial charge on any atom is -0.278 e. The fourth-order valence-electron chi connectivity index (χ4n) is 2.43. The molecule has 5 nitrogen and oxygen atoms in total. The number of hydrogen-bond acceptors (Lipinski definition) is 5. The van der Waals surface area contributed by atoms with E-state index in [9.17, 15) is 4.79 Å². The van der Waals surface area contributed by atoms with Crippen molar-refractivity contribution in [2.24, 2.45) is 0 Å². The molecule has 2 heterocycles. The van der Waals surface area contributed by atoms with Crippen molar-refractivity contribution >= 4 is 53.2 Å². The van der Waals surface area contributed by atoms with Crippen LogP contribution in [0.5, 0.6) is 0 Å². The summed E-state index contributed by atoms with van der Waals surface area (Å²) < 4.78 is 0. The first-order chi connectivity index (χ1) is 11.3. The Kier molecular flexibility index (Phi) is 5.13. The van der Waals surface area contributed by atoms with Gasteiger partial charge in [-0.1, -0.05) is 47.8 Å². The number of amides is 1. The Morgan fingerprint density at radius 2 is 1.71 bits per heavy atom. The van der Waals surface area contributed by atoms with Gasteiger partial charge in [0, 0.05) is 9.79 Å². The van der Waals surface area contributed by atoms with E-state index in [-0.39, 0.29) is 18.3 Å². The van der Waals surface area contributed by atoms with Gasteiger partial charge in [-0.3, -0.25) is 14.8 Å². The topological polar surface area (TPSA) is 61.9 Å². The first kappa shape index (κ1) is 16.9. The van der Waals surface area contributed by atoms with Crippen LogP contribution in [0, 0.1) is 0 Å². The molecule has 24 heavy (non-hydrogen) atoms. The molecule has 2 aromatic carbocycles. The van der Waals surface area contributed by atoms with Gasteiger partial charge in [-0.2, -0.15) is 5.10 Å². The van der Waals surface area contributed by atoms with E-state index in [0.717, 1.165) is 21.2 Å². The summed E-state index contributed by atoms with van der Waals surface area (Å²) in [5.74, 6) is 0.314. The van der Waals surface area contributed by atoms with Crippen molar-refractivity contribution in [3.63, 3.8) is 0 Å². The first-order valence-electron chi connectivity index (χ1n) is 7.00. The Bertz CT molecular complexity index is 811. The second-order valence-electron chi connectivity index (χ2n) is 4.85. The van der Waals surface area contributed by atoms with Gasteiger partial charge in [0.25, 0.3) is 0 Å². The monoisotopic (exact) mass is 376 g/mol. The third kappa shape index (κ3) is 3.15. The molecule has 1 aliphatic rings. The molecule has 4 rings (SSSR count). The SMILES string of the molecule is Cl.O=C(CSc1ncn[nH]1)N1c2ccccc2Sc2ccccc21. The molecule has 8 heteroatoms. The van der Waals surface area contributed by atoms with Gasteiger partial charge in [-0.25, -0.2) is 4.98 Å². The lowest BCUT2D eigenvalue weighted by Gasteiger charge is -2.30. The van der Waals surface area contributed by atoms with Crippen LogP contribution in [0.1, 0.15) is 0 Å². The number of rotatable bonds is 3. The quantitative estimate of drug-likeness (QED) is 0.696. The number of carbonyl (C=O) groups is 1. The Balaban J connectivity index is 0.00000169. The Hall–Kier alpha value is -1.96. The molecule has 0 saturated heterocycles. The van der Waals surface area contributed by atoms with Crippen LogP contribution in [0.15, 0.2) is 69.8 Å². The van der Waals surface area contributed by atoms with Gasteiger partial charge in [-0.05, 0) is 24.3 Å². The lowest BCUT2D eigenvalue weighted by molar-refractivity contribution is -0.115. The number of halogens is 1. The number of hydrogen-bond donors (Lipinski definition) is 1. The molecule has 0 spiro atoms. The van der Waals surface area contributed by atoms with E-state index in [1.165, 1.54) is 18.1 Å². The molecule has 3 aromatic rings. The molecular formula is C16H13ClN4OS2. The summed E-state index contributed by atoms with van der Waals surface area (Å²) in [4.78, 5) is 20.9. The summed E-state index contributed by atoms with van der Waals surface area (Å²) >= 11 is 3.04. The highest BCUT2D eigenvalue weighted by atomic mass is 35.5. The summed E-state index contributed by atoms with van der Waals surface area (Å²) in [7, 11) is 0. The van der Waals surface area contributed by atoms with Crippen LogP contribution in [0.3, 0.4) is 0 Å². The van der Waals surface area contributed by atoms with Crippen LogP contribution >= 0.6 is 35.9 Å². The third-order valence-corrected chi connectivity index (χ3v) is 5.40. The maximum absolute atomic E-state index is 12.9. The molecule has 1 aliphatic heterocycles. The predicted molar refractivity (Wildman–Crippen MR) is 98.5 cm³/mol. The normalized spacial score (nSPS) is 12.1. The highest BCUT2D eigenvalue weighted by molar-refractivity contribution is 8.00. The number of nitrogens with zero attached hydrogens (tertiary/aromatic N) is 3. The van der Waals surface area contributed by atoms with E-state index in [4.69, 9.17) is 0 Å². The Labute approximate surface area is 153 Å². The number of nitrogens with one attached hydrogen (secondary N) is 1. The van der Waals surface area contributed by atoms with Crippen LogP contribution in [0.4, 0.5) is 11.4 Å². The minimum absolute atomic E-state index is 0. The van der Waals surface area contributed by atoms with Crippen LogP contribution in [0.2, 0.25) is 0 Å². The fraction of sp³-hybridized carbons (Fsp3) is 0.0625. The Morgan fingerprint density at radius 3 is 2.29 bits per heavy atom. The molecule has 1 N–H and O–H groups in total. The molecule has 1 amide bonds. The van der Waals surface area contributed by atoms with E-state index < -0.39 is 0 Å². The molecular weight excluding hydrogens is 364 g/mol. The number of fused-ring (bicyclic) bond motifs is 2. The highest BCUT2D eigenvalue weighted by Crippen LogP contribution is 2.48. The lowest BCUT2D eigenvalue weighted by Crippen LogP contribution is -2.30. The van der Waals surface area contributed by atoms with E-state index in [2.05, 4.69) is 15.2 Å². The van der Waals surface area contributed by atoms with Crippen molar-refractivity contribution in [1.82, 2.24) is 15.2 Å². The maximum atomic E-state index is 12.9. The summed E-state index contributed by atoms with van der Waals surface area (Å²) in [6.45, 7) is 0. The van der Waals surface area contributed by atoms with Gasteiger partial charge >= 0.3 is 0 Å². The molecule has 0 fully saturated rings. The number of benzene rings is 2. The molecule has 0 bridgehead atoms. The summed E-state index contributed by atoms with van der Waals surface area (Å²) in [5.41, 5.74) is 1.86. The molecule has 0 unspecified atom stereocenters. The number of thioether (sulfide) groups is 1. The van der Waals surface area contributed by atoms with Crippen molar-refractivity contribution in [3.8, 4) is 0 Å². The number of carbonyl (C=O) groups excluding carboxylic acids is 1. The molecule has 0 radical (unpaired) electrons. The van der Waals surface area contributed by atoms with E-state index >= 15 is 0 Å². The number of para-hydroxylation sites is 2. The van der Waals surface area contributed by atoms with Crippen LogP contribution in [-0.2, 0) is 4.79 Å². The highest BCUT2D eigenvalue weighted by Gasteiger charge is 2.27.